The van der Waals surface area contributed by atoms with Gasteiger partial charge in [0.15, 0.2) is 29.2 Å². The summed E-state index contributed by atoms with van der Waals surface area (Å²) in [4.78, 5) is 24.4. The van der Waals surface area contributed by atoms with Gasteiger partial charge in [-0.05, 0) is 31.2 Å². The number of hydrogen-bond donors (Lipinski definition) is 1. The molecule has 2 rings (SSSR count). The summed E-state index contributed by atoms with van der Waals surface area (Å²) in [6.45, 7) is 1.33. The average molecular weight is 400 g/mol. The van der Waals surface area contributed by atoms with Crippen LogP contribution in [0.25, 0.3) is 0 Å². The number of nitrogens with one attached hydrogen (secondary N) is 1. The second-order valence-corrected chi connectivity index (χ2v) is 5.77. The lowest BCUT2D eigenvalue weighted by Crippen LogP contribution is -2.30. The van der Waals surface area contributed by atoms with E-state index in [0.717, 1.165) is 12.1 Å². The molecule has 0 radical (unpaired) electrons. The molecule has 27 heavy (non-hydrogen) atoms. The first-order valence-corrected chi connectivity index (χ1v) is 8.03. The Labute approximate surface area is 159 Å². The molecule has 0 heterocycles. The van der Waals surface area contributed by atoms with Crippen molar-refractivity contribution in [1.82, 2.24) is 0 Å². The number of methoxy groups -OCH3 is 2. The molecular weight excluding hydrogens is 384 g/mol. The first kappa shape index (κ1) is 20.4. The van der Waals surface area contributed by atoms with Crippen LogP contribution in [0.5, 0.6) is 11.5 Å². The van der Waals surface area contributed by atoms with E-state index in [1.165, 1.54) is 39.3 Å². The van der Waals surface area contributed by atoms with Crippen molar-refractivity contribution in [2.45, 2.75) is 13.0 Å². The van der Waals surface area contributed by atoms with Gasteiger partial charge in [-0.2, -0.15) is 0 Å². The number of ether oxygens (including phenoxy) is 3. The maximum atomic E-state index is 13.2. The quantitative estimate of drug-likeness (QED) is 0.747. The largest absolute Gasteiger partial charge is 0.493 e. The van der Waals surface area contributed by atoms with Crippen molar-refractivity contribution in [3.63, 3.8) is 0 Å². The summed E-state index contributed by atoms with van der Waals surface area (Å²) >= 11 is 6.03. The molecule has 1 atom stereocenters. The molecule has 0 unspecified atom stereocenters. The highest BCUT2D eigenvalue weighted by atomic mass is 35.5. The summed E-state index contributed by atoms with van der Waals surface area (Å²) in [5.74, 6) is -3.24. The fourth-order valence-corrected chi connectivity index (χ4v) is 2.42. The Hall–Kier alpha value is -2.87. The standard InChI is InChI=1S/C18H16ClF2NO5/c1-9(17(23)22-11-4-5-13(20)14(21)8-11)27-18(24)10-6-12(19)16(26-3)15(7-10)25-2/h4-9H,1-3H3,(H,22,23)/t9-/m1/s1. The van der Waals surface area contributed by atoms with Crippen LogP contribution in [-0.2, 0) is 9.53 Å². The predicted octanol–water partition coefficient (Wildman–Crippen LogP) is 3.82. The van der Waals surface area contributed by atoms with E-state index in [-0.39, 0.29) is 27.8 Å². The molecule has 0 saturated heterocycles. The van der Waals surface area contributed by atoms with Crippen molar-refractivity contribution < 1.29 is 32.6 Å². The third kappa shape index (κ3) is 4.85. The van der Waals surface area contributed by atoms with Crippen LogP contribution in [0.15, 0.2) is 30.3 Å². The van der Waals surface area contributed by atoms with Gasteiger partial charge in [-0.3, -0.25) is 4.79 Å². The van der Waals surface area contributed by atoms with Crippen molar-refractivity contribution in [3.8, 4) is 11.5 Å². The maximum Gasteiger partial charge on any atom is 0.339 e. The van der Waals surface area contributed by atoms with E-state index in [0.29, 0.717) is 0 Å². The number of rotatable bonds is 6. The summed E-state index contributed by atoms with van der Waals surface area (Å²) in [5.41, 5.74) is 0.0705. The molecule has 6 nitrogen and oxygen atoms in total. The van der Waals surface area contributed by atoms with Gasteiger partial charge in [-0.1, -0.05) is 11.6 Å². The molecule has 0 aliphatic heterocycles. The Kier molecular flexibility index (Phi) is 6.57. The highest BCUT2D eigenvalue weighted by Crippen LogP contribution is 2.36. The number of amides is 1. The van der Waals surface area contributed by atoms with Crippen LogP contribution in [-0.4, -0.2) is 32.2 Å². The number of hydrogen-bond acceptors (Lipinski definition) is 5. The highest BCUT2D eigenvalue weighted by Gasteiger charge is 2.22. The molecular formula is C18H16ClF2NO5. The second kappa shape index (κ2) is 8.68. The van der Waals surface area contributed by atoms with Gasteiger partial charge in [0.2, 0.25) is 0 Å². The minimum atomic E-state index is -1.21. The molecule has 0 aliphatic carbocycles. The van der Waals surface area contributed by atoms with Crippen molar-refractivity contribution in [3.05, 3.63) is 52.6 Å². The van der Waals surface area contributed by atoms with Crippen LogP contribution < -0.4 is 14.8 Å². The molecule has 9 heteroatoms. The van der Waals surface area contributed by atoms with Gasteiger partial charge in [-0.25, -0.2) is 13.6 Å². The molecule has 0 bridgehead atoms. The van der Waals surface area contributed by atoms with E-state index in [1.54, 1.807) is 0 Å². The van der Waals surface area contributed by atoms with Gasteiger partial charge < -0.3 is 19.5 Å². The molecule has 0 spiro atoms. The lowest BCUT2D eigenvalue weighted by atomic mass is 10.2. The third-order valence-corrected chi connectivity index (χ3v) is 3.79. The SMILES string of the molecule is COc1cc(C(=O)O[C@H](C)C(=O)Nc2ccc(F)c(F)c2)cc(Cl)c1OC. The van der Waals surface area contributed by atoms with Crippen LogP contribution in [0.4, 0.5) is 14.5 Å². The van der Waals surface area contributed by atoms with Gasteiger partial charge in [0, 0.05) is 11.8 Å². The summed E-state index contributed by atoms with van der Waals surface area (Å²) in [6.07, 6.45) is -1.21. The molecule has 1 N–H and O–H groups in total. The highest BCUT2D eigenvalue weighted by molar-refractivity contribution is 6.32. The lowest BCUT2D eigenvalue weighted by Gasteiger charge is -2.15. The smallest absolute Gasteiger partial charge is 0.339 e. The lowest BCUT2D eigenvalue weighted by molar-refractivity contribution is -0.123. The third-order valence-electron chi connectivity index (χ3n) is 3.51. The number of anilines is 1. The van der Waals surface area contributed by atoms with Crippen LogP contribution >= 0.6 is 11.6 Å². The van der Waals surface area contributed by atoms with E-state index in [4.69, 9.17) is 25.8 Å². The van der Waals surface area contributed by atoms with E-state index >= 15 is 0 Å². The fourth-order valence-electron chi connectivity index (χ4n) is 2.14. The van der Waals surface area contributed by atoms with Gasteiger partial charge in [0.05, 0.1) is 24.8 Å². The first-order valence-electron chi connectivity index (χ1n) is 7.65. The second-order valence-electron chi connectivity index (χ2n) is 5.36. The number of esters is 1. The van der Waals surface area contributed by atoms with E-state index in [1.807, 2.05) is 0 Å². The molecule has 0 aromatic heterocycles. The zero-order valence-electron chi connectivity index (χ0n) is 14.6. The van der Waals surface area contributed by atoms with Crippen LogP contribution in [0.2, 0.25) is 5.02 Å². The Morgan fingerprint density at radius 3 is 2.37 bits per heavy atom. The summed E-state index contributed by atoms with van der Waals surface area (Å²) in [7, 11) is 2.77. The first-order chi connectivity index (χ1) is 12.8. The van der Waals surface area contributed by atoms with Crippen LogP contribution in [0.3, 0.4) is 0 Å². The van der Waals surface area contributed by atoms with Crippen molar-refractivity contribution in [1.29, 1.82) is 0 Å². The van der Waals surface area contributed by atoms with E-state index in [9.17, 15) is 18.4 Å². The summed E-state index contributed by atoms with van der Waals surface area (Å²) in [6, 6.07) is 5.53. The van der Waals surface area contributed by atoms with Crippen molar-refractivity contribution >= 4 is 29.2 Å². The Morgan fingerprint density at radius 1 is 1.07 bits per heavy atom. The zero-order chi connectivity index (χ0) is 20.1. The van der Waals surface area contributed by atoms with Gasteiger partial charge in [-0.15, -0.1) is 0 Å². The van der Waals surface area contributed by atoms with E-state index in [2.05, 4.69) is 5.32 Å². The van der Waals surface area contributed by atoms with Crippen molar-refractivity contribution in [2.24, 2.45) is 0 Å². The molecule has 2 aromatic rings. The molecule has 2 aromatic carbocycles. The normalized spacial score (nSPS) is 11.5. The summed E-state index contributed by atoms with van der Waals surface area (Å²) < 4.78 is 41.4. The van der Waals surface area contributed by atoms with Crippen LogP contribution in [0.1, 0.15) is 17.3 Å². The topological polar surface area (TPSA) is 73.9 Å². The molecule has 0 aliphatic rings. The monoisotopic (exact) mass is 399 g/mol. The number of benzene rings is 2. The van der Waals surface area contributed by atoms with Gasteiger partial charge >= 0.3 is 5.97 Å². The minimum absolute atomic E-state index is 0.0240. The Balaban J connectivity index is 2.09. The Bertz CT molecular complexity index is 875. The van der Waals surface area contributed by atoms with Gasteiger partial charge in [0.1, 0.15) is 0 Å². The number of carbonyl (C=O) groups is 2. The number of carbonyl (C=O) groups excluding carboxylic acids is 2. The average Bonchev–Trinajstić information content (AvgIpc) is 2.63. The molecule has 1 amide bonds. The molecule has 0 saturated carbocycles. The zero-order valence-corrected chi connectivity index (χ0v) is 15.4. The van der Waals surface area contributed by atoms with Crippen LogP contribution in [0, 0.1) is 11.6 Å². The van der Waals surface area contributed by atoms with Gasteiger partial charge in [0.25, 0.3) is 5.91 Å². The maximum absolute atomic E-state index is 13.2. The number of halogens is 3. The summed E-state index contributed by atoms with van der Waals surface area (Å²) in [5, 5.41) is 2.45. The predicted molar refractivity (Wildman–Crippen MR) is 94.4 cm³/mol. The minimum Gasteiger partial charge on any atom is -0.493 e. The molecule has 0 fully saturated rings. The fraction of sp³-hybridized carbons (Fsp3) is 0.222. The van der Waals surface area contributed by atoms with E-state index < -0.39 is 29.6 Å². The molecule has 144 valence electrons. The Morgan fingerprint density at radius 2 is 1.78 bits per heavy atom. The van der Waals surface area contributed by atoms with Crippen molar-refractivity contribution in [2.75, 3.05) is 19.5 Å².